The summed E-state index contributed by atoms with van der Waals surface area (Å²) in [5, 5.41) is 0. The third-order valence-corrected chi connectivity index (χ3v) is 2.64. The van der Waals surface area contributed by atoms with Crippen molar-refractivity contribution in [2.75, 3.05) is 19.8 Å². The lowest BCUT2D eigenvalue weighted by Crippen LogP contribution is -2.19. The molecule has 0 aliphatic carbocycles. The standard InChI is InChI=1S/C11H12O3/c1-2-10-11(14-6-5-13-10)7-8(1)9-3-4-12-9/h1-2,7,9H,3-6H2. The number of hydrogen-bond acceptors (Lipinski definition) is 3. The first-order valence-corrected chi connectivity index (χ1v) is 4.94. The van der Waals surface area contributed by atoms with Gasteiger partial charge in [-0.3, -0.25) is 0 Å². The van der Waals surface area contributed by atoms with Crippen LogP contribution in [0.3, 0.4) is 0 Å². The topological polar surface area (TPSA) is 27.7 Å². The van der Waals surface area contributed by atoms with Crippen LogP contribution >= 0.6 is 0 Å². The van der Waals surface area contributed by atoms with Crippen LogP contribution < -0.4 is 9.47 Å². The second-order valence-corrected chi connectivity index (χ2v) is 3.55. The number of hydrogen-bond donors (Lipinski definition) is 0. The molecule has 1 atom stereocenters. The van der Waals surface area contributed by atoms with Gasteiger partial charge in [0.15, 0.2) is 11.5 Å². The van der Waals surface area contributed by atoms with Gasteiger partial charge in [-0.25, -0.2) is 0 Å². The van der Waals surface area contributed by atoms with Crippen LogP contribution in [0.4, 0.5) is 0 Å². The zero-order valence-corrected chi connectivity index (χ0v) is 7.86. The van der Waals surface area contributed by atoms with E-state index in [1.54, 1.807) is 0 Å². The Morgan fingerprint density at radius 1 is 1.00 bits per heavy atom. The Kier molecular flexibility index (Phi) is 1.84. The molecule has 1 fully saturated rings. The summed E-state index contributed by atoms with van der Waals surface area (Å²) < 4.78 is 16.4. The van der Waals surface area contributed by atoms with Crippen molar-refractivity contribution in [3.63, 3.8) is 0 Å². The normalized spacial score (nSPS) is 24.1. The number of benzene rings is 1. The van der Waals surface area contributed by atoms with Crippen LogP contribution in [0.2, 0.25) is 0 Å². The van der Waals surface area contributed by atoms with Gasteiger partial charge in [0, 0.05) is 6.42 Å². The van der Waals surface area contributed by atoms with Crippen LogP contribution in [0.15, 0.2) is 18.2 Å². The minimum absolute atomic E-state index is 0.269. The van der Waals surface area contributed by atoms with E-state index in [0.29, 0.717) is 13.2 Å². The molecule has 3 nitrogen and oxygen atoms in total. The SMILES string of the molecule is c1cc2c(cc1C1CCO1)OCCO2. The average Bonchev–Trinajstić information content (AvgIpc) is 2.15. The van der Waals surface area contributed by atoms with Crippen LogP contribution in [0, 0.1) is 0 Å². The predicted molar refractivity (Wildman–Crippen MR) is 50.7 cm³/mol. The van der Waals surface area contributed by atoms with Crippen molar-refractivity contribution in [2.45, 2.75) is 12.5 Å². The van der Waals surface area contributed by atoms with Crippen molar-refractivity contribution < 1.29 is 14.2 Å². The smallest absolute Gasteiger partial charge is 0.161 e. The molecule has 1 unspecified atom stereocenters. The molecular weight excluding hydrogens is 180 g/mol. The molecule has 0 spiro atoms. The van der Waals surface area contributed by atoms with Gasteiger partial charge in [0.2, 0.25) is 0 Å². The molecule has 2 aliphatic rings. The molecule has 0 saturated carbocycles. The van der Waals surface area contributed by atoms with Crippen molar-refractivity contribution in [1.29, 1.82) is 0 Å². The van der Waals surface area contributed by atoms with Crippen molar-refractivity contribution in [2.24, 2.45) is 0 Å². The first-order chi connectivity index (χ1) is 6.93. The molecule has 0 bridgehead atoms. The number of rotatable bonds is 1. The monoisotopic (exact) mass is 192 g/mol. The van der Waals surface area contributed by atoms with Gasteiger partial charge in [-0.15, -0.1) is 0 Å². The Bertz CT molecular complexity index is 344. The van der Waals surface area contributed by atoms with E-state index >= 15 is 0 Å². The predicted octanol–water partition coefficient (Wildman–Crippen LogP) is 1.92. The minimum Gasteiger partial charge on any atom is -0.486 e. The van der Waals surface area contributed by atoms with Crippen LogP contribution in [0.25, 0.3) is 0 Å². The Morgan fingerprint density at radius 3 is 2.50 bits per heavy atom. The van der Waals surface area contributed by atoms with Crippen molar-refractivity contribution in [3.05, 3.63) is 23.8 Å². The summed E-state index contributed by atoms with van der Waals surface area (Å²) in [6.45, 7) is 2.16. The molecule has 74 valence electrons. The molecule has 0 amide bonds. The van der Waals surface area contributed by atoms with E-state index in [4.69, 9.17) is 14.2 Å². The summed E-state index contributed by atoms with van der Waals surface area (Å²) >= 11 is 0. The minimum atomic E-state index is 0.269. The molecule has 2 aliphatic heterocycles. The molecule has 0 aromatic heterocycles. The van der Waals surface area contributed by atoms with Gasteiger partial charge >= 0.3 is 0 Å². The Hall–Kier alpha value is -1.22. The summed E-state index contributed by atoms with van der Waals surface area (Å²) in [5.41, 5.74) is 1.19. The van der Waals surface area contributed by atoms with Gasteiger partial charge in [-0.05, 0) is 17.7 Å². The third kappa shape index (κ3) is 1.24. The molecule has 1 aromatic carbocycles. The van der Waals surface area contributed by atoms with E-state index in [9.17, 15) is 0 Å². The highest BCUT2D eigenvalue weighted by atomic mass is 16.6. The van der Waals surface area contributed by atoms with E-state index in [2.05, 4.69) is 6.07 Å². The maximum Gasteiger partial charge on any atom is 0.161 e. The first kappa shape index (κ1) is 8.12. The van der Waals surface area contributed by atoms with E-state index in [1.165, 1.54) is 5.56 Å². The summed E-state index contributed by atoms with van der Waals surface area (Å²) in [4.78, 5) is 0. The maximum absolute atomic E-state index is 5.50. The molecule has 1 saturated heterocycles. The fourth-order valence-electron chi connectivity index (χ4n) is 1.76. The Morgan fingerprint density at radius 2 is 1.79 bits per heavy atom. The zero-order valence-electron chi connectivity index (χ0n) is 7.86. The largest absolute Gasteiger partial charge is 0.486 e. The van der Waals surface area contributed by atoms with Gasteiger partial charge in [0.05, 0.1) is 12.7 Å². The second kappa shape index (κ2) is 3.17. The van der Waals surface area contributed by atoms with Crippen molar-refractivity contribution in [3.8, 4) is 11.5 Å². The lowest BCUT2D eigenvalue weighted by Gasteiger charge is -2.28. The van der Waals surface area contributed by atoms with Crippen LogP contribution in [-0.4, -0.2) is 19.8 Å². The Balaban J connectivity index is 1.92. The molecule has 1 aromatic rings. The summed E-state index contributed by atoms with van der Waals surface area (Å²) in [6, 6.07) is 6.04. The van der Waals surface area contributed by atoms with Crippen LogP contribution in [0.5, 0.6) is 11.5 Å². The van der Waals surface area contributed by atoms with Gasteiger partial charge in [0.25, 0.3) is 0 Å². The van der Waals surface area contributed by atoms with Gasteiger partial charge in [0.1, 0.15) is 13.2 Å². The molecule has 0 N–H and O–H groups in total. The highest BCUT2D eigenvalue weighted by molar-refractivity contribution is 5.44. The number of fused-ring (bicyclic) bond motifs is 1. The molecule has 14 heavy (non-hydrogen) atoms. The van der Waals surface area contributed by atoms with Crippen molar-refractivity contribution >= 4 is 0 Å². The molecule has 3 heteroatoms. The lowest BCUT2D eigenvalue weighted by atomic mass is 10.0. The Labute approximate surface area is 82.6 Å². The fourth-order valence-corrected chi connectivity index (χ4v) is 1.76. The first-order valence-electron chi connectivity index (χ1n) is 4.94. The second-order valence-electron chi connectivity index (χ2n) is 3.55. The average molecular weight is 192 g/mol. The summed E-state index contributed by atoms with van der Waals surface area (Å²) in [5.74, 6) is 1.70. The molecule has 2 heterocycles. The third-order valence-electron chi connectivity index (χ3n) is 2.64. The summed E-state index contributed by atoms with van der Waals surface area (Å²) in [7, 11) is 0. The fraction of sp³-hybridized carbons (Fsp3) is 0.455. The summed E-state index contributed by atoms with van der Waals surface area (Å²) in [6.07, 6.45) is 1.38. The van der Waals surface area contributed by atoms with E-state index in [-0.39, 0.29) is 6.10 Å². The van der Waals surface area contributed by atoms with E-state index in [0.717, 1.165) is 24.5 Å². The molecule has 3 rings (SSSR count). The highest BCUT2D eigenvalue weighted by Gasteiger charge is 2.22. The van der Waals surface area contributed by atoms with E-state index in [1.807, 2.05) is 12.1 Å². The lowest BCUT2D eigenvalue weighted by molar-refractivity contribution is -0.0528. The molecular formula is C11H12O3. The van der Waals surface area contributed by atoms with Gasteiger partial charge in [-0.2, -0.15) is 0 Å². The van der Waals surface area contributed by atoms with Crippen LogP contribution in [0.1, 0.15) is 18.1 Å². The van der Waals surface area contributed by atoms with Crippen LogP contribution in [-0.2, 0) is 4.74 Å². The van der Waals surface area contributed by atoms with E-state index < -0.39 is 0 Å². The number of ether oxygens (including phenoxy) is 3. The van der Waals surface area contributed by atoms with Gasteiger partial charge < -0.3 is 14.2 Å². The van der Waals surface area contributed by atoms with Crippen molar-refractivity contribution in [1.82, 2.24) is 0 Å². The molecule has 0 radical (unpaired) electrons. The maximum atomic E-state index is 5.50. The van der Waals surface area contributed by atoms with Gasteiger partial charge in [-0.1, -0.05) is 6.07 Å². The highest BCUT2D eigenvalue weighted by Crippen LogP contribution is 2.36. The zero-order chi connectivity index (χ0) is 9.38. The quantitative estimate of drug-likeness (QED) is 0.680.